The fraction of sp³-hybridized carbons (Fsp3) is 0. The molecule has 194 valence electrons. The summed E-state index contributed by atoms with van der Waals surface area (Å²) in [7, 11) is 0. The van der Waals surface area contributed by atoms with Crippen LogP contribution >= 0.6 is 0 Å². The molecule has 0 aliphatic carbocycles. The van der Waals surface area contributed by atoms with E-state index in [1.165, 1.54) is 0 Å². The van der Waals surface area contributed by atoms with E-state index in [-0.39, 0.29) is 0 Å². The van der Waals surface area contributed by atoms with Crippen molar-refractivity contribution in [2.75, 3.05) is 0 Å². The first-order chi connectivity index (χ1) is 20.9. The van der Waals surface area contributed by atoms with E-state index in [1.807, 2.05) is 73.8 Å². The third-order valence-corrected chi connectivity index (χ3v) is 8.18. The van der Waals surface area contributed by atoms with Crippen LogP contribution in [0.3, 0.4) is 0 Å². The van der Waals surface area contributed by atoms with E-state index < -0.39 is 0 Å². The normalized spacial score (nSPS) is 11.8. The largest absolute Gasteiger partial charge is 0.264 e. The van der Waals surface area contributed by atoms with Crippen molar-refractivity contribution in [3.05, 3.63) is 122 Å². The van der Waals surface area contributed by atoms with Crippen molar-refractivity contribution in [2.24, 2.45) is 0 Å². The van der Waals surface area contributed by atoms with Crippen LogP contribution in [0, 0.1) is 0 Å². The molecule has 6 heterocycles. The Kier molecular flexibility index (Phi) is 4.80. The maximum Gasteiger partial charge on any atom is 0.0970 e. The highest BCUT2D eigenvalue weighted by Crippen LogP contribution is 2.47. The molecule has 3 aromatic carbocycles. The van der Waals surface area contributed by atoms with Crippen molar-refractivity contribution < 1.29 is 0 Å². The Labute approximate surface area is 239 Å². The van der Waals surface area contributed by atoms with Gasteiger partial charge in [-0.2, -0.15) is 0 Å². The van der Waals surface area contributed by atoms with Crippen molar-refractivity contribution in [3.63, 3.8) is 0 Å². The van der Waals surface area contributed by atoms with Crippen LogP contribution in [0.15, 0.2) is 122 Å². The number of nitrogens with zero attached hydrogens (tertiary/aromatic N) is 6. The molecule has 0 aliphatic rings. The Balaban J connectivity index is 1.49. The zero-order valence-electron chi connectivity index (χ0n) is 22.2. The quantitative estimate of drug-likeness (QED) is 0.163. The van der Waals surface area contributed by atoms with E-state index in [0.717, 1.165) is 87.4 Å². The number of fused-ring (bicyclic) bond motifs is 8. The third kappa shape index (κ3) is 3.20. The predicted molar refractivity (Wildman–Crippen MR) is 169 cm³/mol. The van der Waals surface area contributed by atoms with Crippen LogP contribution in [0.25, 0.3) is 87.4 Å². The molecule has 6 aromatic heterocycles. The molecule has 9 rings (SSSR count). The summed E-state index contributed by atoms with van der Waals surface area (Å²) in [6.07, 6.45) is 15.0. The van der Waals surface area contributed by atoms with E-state index in [9.17, 15) is 0 Å². The summed E-state index contributed by atoms with van der Waals surface area (Å²) in [4.78, 5) is 28.2. The van der Waals surface area contributed by atoms with Crippen molar-refractivity contribution in [2.45, 2.75) is 0 Å². The standard InChI is InChI=1S/C36H20N6/c1-5-21-17-27(25-7-3-13-41-35(25)33(21)39-11-1)31-23-9-15-38-20-30(23)32(24-10-16-37-19-29(24)31)28-18-22-6-2-12-40-34(22)36-26(28)8-4-14-42-36/h1-20H. The van der Waals surface area contributed by atoms with Gasteiger partial charge in [0.05, 0.1) is 22.1 Å². The number of rotatable bonds is 2. The summed E-state index contributed by atoms with van der Waals surface area (Å²) in [6.45, 7) is 0. The van der Waals surface area contributed by atoms with Crippen LogP contribution < -0.4 is 0 Å². The highest BCUT2D eigenvalue weighted by Gasteiger charge is 2.21. The first-order valence-electron chi connectivity index (χ1n) is 13.8. The average Bonchev–Trinajstić information content (AvgIpc) is 3.06. The van der Waals surface area contributed by atoms with Crippen LogP contribution in [0.4, 0.5) is 0 Å². The van der Waals surface area contributed by atoms with Gasteiger partial charge in [-0.05, 0) is 81.6 Å². The Hall–Kier alpha value is -5.88. The number of benzene rings is 3. The van der Waals surface area contributed by atoms with Crippen LogP contribution in [-0.4, -0.2) is 29.9 Å². The lowest BCUT2D eigenvalue weighted by molar-refractivity contribution is 1.35. The molecule has 0 unspecified atom stereocenters. The van der Waals surface area contributed by atoms with E-state index in [0.29, 0.717) is 0 Å². The summed E-state index contributed by atoms with van der Waals surface area (Å²) >= 11 is 0. The lowest BCUT2D eigenvalue weighted by Crippen LogP contribution is -1.95. The smallest absolute Gasteiger partial charge is 0.0970 e. The fourth-order valence-electron chi connectivity index (χ4n) is 6.46. The van der Waals surface area contributed by atoms with E-state index in [1.54, 1.807) is 0 Å². The minimum atomic E-state index is 0.882. The minimum absolute atomic E-state index is 0.882. The topological polar surface area (TPSA) is 77.3 Å². The molecule has 42 heavy (non-hydrogen) atoms. The molecule has 0 saturated heterocycles. The molecule has 6 heteroatoms. The van der Waals surface area contributed by atoms with E-state index in [2.05, 4.69) is 68.5 Å². The molecule has 6 nitrogen and oxygen atoms in total. The third-order valence-electron chi connectivity index (χ3n) is 8.18. The van der Waals surface area contributed by atoms with Crippen LogP contribution in [0.2, 0.25) is 0 Å². The van der Waals surface area contributed by atoms with Crippen molar-refractivity contribution in [3.8, 4) is 22.3 Å². The van der Waals surface area contributed by atoms with Crippen molar-refractivity contribution in [1.29, 1.82) is 0 Å². The second-order valence-corrected chi connectivity index (χ2v) is 10.4. The molecule has 0 saturated carbocycles. The summed E-state index contributed by atoms with van der Waals surface area (Å²) in [5.74, 6) is 0. The molecule has 0 radical (unpaired) electrons. The first kappa shape index (κ1) is 22.9. The van der Waals surface area contributed by atoms with Gasteiger partial charge >= 0.3 is 0 Å². The number of hydrogen-bond donors (Lipinski definition) is 0. The second kappa shape index (κ2) is 8.81. The first-order valence-corrected chi connectivity index (χ1v) is 13.8. The van der Waals surface area contributed by atoms with Crippen LogP contribution in [0.5, 0.6) is 0 Å². The molecule has 0 spiro atoms. The fourth-order valence-corrected chi connectivity index (χ4v) is 6.46. The van der Waals surface area contributed by atoms with Crippen molar-refractivity contribution in [1.82, 2.24) is 29.9 Å². The van der Waals surface area contributed by atoms with Gasteiger partial charge < -0.3 is 0 Å². The molecule has 0 amide bonds. The van der Waals surface area contributed by atoms with E-state index in [4.69, 9.17) is 9.97 Å². The van der Waals surface area contributed by atoms with Gasteiger partial charge in [-0.3, -0.25) is 29.9 Å². The highest BCUT2D eigenvalue weighted by molar-refractivity contribution is 6.27. The summed E-state index contributed by atoms with van der Waals surface area (Å²) < 4.78 is 0. The van der Waals surface area contributed by atoms with Gasteiger partial charge in [-0.25, -0.2) is 0 Å². The Bertz CT molecular complexity index is 2310. The average molecular weight is 537 g/mol. The Morgan fingerprint density at radius 1 is 0.357 bits per heavy atom. The molecule has 0 N–H and O–H groups in total. The minimum Gasteiger partial charge on any atom is -0.264 e. The van der Waals surface area contributed by atoms with Gasteiger partial charge in [-0.15, -0.1) is 0 Å². The molecular weight excluding hydrogens is 516 g/mol. The summed E-state index contributed by atoms with van der Waals surface area (Å²) in [5.41, 5.74) is 7.94. The molecule has 9 aromatic rings. The van der Waals surface area contributed by atoms with Gasteiger partial charge in [0.1, 0.15) is 0 Å². The molecule has 0 aliphatic heterocycles. The zero-order valence-corrected chi connectivity index (χ0v) is 22.2. The van der Waals surface area contributed by atoms with Gasteiger partial charge in [0.25, 0.3) is 0 Å². The van der Waals surface area contributed by atoms with Crippen LogP contribution in [0.1, 0.15) is 0 Å². The predicted octanol–water partition coefficient (Wildman–Crippen LogP) is 8.31. The summed E-state index contributed by atoms with van der Waals surface area (Å²) in [5, 5.41) is 8.49. The second-order valence-electron chi connectivity index (χ2n) is 10.4. The lowest BCUT2D eigenvalue weighted by Gasteiger charge is -2.19. The van der Waals surface area contributed by atoms with E-state index >= 15 is 0 Å². The maximum absolute atomic E-state index is 4.78. The van der Waals surface area contributed by atoms with Gasteiger partial charge in [0.2, 0.25) is 0 Å². The van der Waals surface area contributed by atoms with Gasteiger partial charge in [-0.1, -0.05) is 24.3 Å². The zero-order chi connectivity index (χ0) is 27.6. The van der Waals surface area contributed by atoms with Gasteiger partial charge in [0.15, 0.2) is 0 Å². The monoisotopic (exact) mass is 536 g/mol. The van der Waals surface area contributed by atoms with Crippen LogP contribution in [-0.2, 0) is 0 Å². The molecule has 0 bridgehead atoms. The maximum atomic E-state index is 4.78. The Morgan fingerprint density at radius 2 is 0.786 bits per heavy atom. The Morgan fingerprint density at radius 3 is 1.26 bits per heavy atom. The number of pyridine rings is 6. The van der Waals surface area contributed by atoms with Crippen molar-refractivity contribution >= 4 is 65.2 Å². The SMILES string of the molecule is c1cnc2c(c1)cc(-c1c3ccncc3c(-c3cc4cccnc4c4ncccc34)c3ccncc13)c1cccnc12. The molecular formula is C36H20N6. The summed E-state index contributed by atoms with van der Waals surface area (Å²) in [6, 6.07) is 25.1. The highest BCUT2D eigenvalue weighted by atomic mass is 14.7. The number of hydrogen-bond acceptors (Lipinski definition) is 6. The molecule has 0 atom stereocenters. The number of aromatic nitrogens is 6. The van der Waals surface area contributed by atoms with Gasteiger partial charge in [0, 0.05) is 81.9 Å². The molecule has 0 fully saturated rings. The lowest BCUT2D eigenvalue weighted by atomic mass is 9.85.